The van der Waals surface area contributed by atoms with Crippen LogP contribution in [0.25, 0.3) is 0 Å². The molecule has 9 nitrogen and oxygen atoms in total. The largest absolute Gasteiger partial charge is 0.444 e. The van der Waals surface area contributed by atoms with E-state index in [4.69, 9.17) is 9.57 Å². The summed E-state index contributed by atoms with van der Waals surface area (Å²) < 4.78 is 5.25. The maximum absolute atomic E-state index is 12.6. The number of carbonyl (C=O) groups is 4. The molecule has 9 heteroatoms. The number of carbonyl (C=O) groups excluding carboxylic acids is 4. The minimum Gasteiger partial charge on any atom is -0.444 e. The van der Waals surface area contributed by atoms with Crippen molar-refractivity contribution in [3.63, 3.8) is 0 Å². The van der Waals surface area contributed by atoms with Crippen LogP contribution in [0.3, 0.4) is 0 Å². The molecule has 0 radical (unpaired) electrons. The van der Waals surface area contributed by atoms with Gasteiger partial charge in [-0.15, -0.1) is 0 Å². The predicted octanol–water partition coefficient (Wildman–Crippen LogP) is 4.81. The summed E-state index contributed by atoms with van der Waals surface area (Å²) in [6.07, 6.45) is 4.13. The number of nitrogens with one attached hydrogen (secondary N) is 3. The van der Waals surface area contributed by atoms with Gasteiger partial charge in [-0.05, 0) is 69.1 Å². The Bertz CT molecular complexity index is 1110. The van der Waals surface area contributed by atoms with Gasteiger partial charge in [-0.25, -0.2) is 9.59 Å². The van der Waals surface area contributed by atoms with Gasteiger partial charge in [0.05, 0.1) is 12.8 Å². The minimum absolute atomic E-state index is 0.0106. The summed E-state index contributed by atoms with van der Waals surface area (Å²) in [6.45, 7) is 8.95. The van der Waals surface area contributed by atoms with Gasteiger partial charge in [0.2, 0.25) is 5.91 Å². The van der Waals surface area contributed by atoms with E-state index in [1.54, 1.807) is 20.8 Å². The van der Waals surface area contributed by atoms with Gasteiger partial charge in [-0.1, -0.05) is 74.9 Å². The van der Waals surface area contributed by atoms with E-state index in [1.165, 1.54) is 11.1 Å². The molecule has 0 aliphatic rings. The molecule has 41 heavy (non-hydrogen) atoms. The Morgan fingerprint density at radius 1 is 0.854 bits per heavy atom. The molecule has 0 aliphatic carbocycles. The number of hydrogen-bond donors (Lipinski definition) is 3. The zero-order valence-corrected chi connectivity index (χ0v) is 25.0. The minimum atomic E-state index is -0.814. The van der Waals surface area contributed by atoms with Gasteiger partial charge < -0.3 is 20.2 Å². The fraction of sp³-hybridized carbons (Fsp3) is 0.500. The Labute approximate surface area is 243 Å². The van der Waals surface area contributed by atoms with Gasteiger partial charge >= 0.3 is 12.1 Å². The van der Waals surface area contributed by atoms with E-state index in [-0.39, 0.29) is 25.3 Å². The summed E-state index contributed by atoms with van der Waals surface area (Å²) >= 11 is 0. The van der Waals surface area contributed by atoms with Crippen molar-refractivity contribution in [1.29, 1.82) is 0 Å². The maximum atomic E-state index is 12.6. The van der Waals surface area contributed by atoms with Crippen molar-refractivity contribution in [3.05, 3.63) is 71.3 Å². The monoisotopic (exact) mass is 567 g/mol. The number of hydroxylamine groups is 1. The molecule has 0 spiro atoms. The first-order valence-electron chi connectivity index (χ1n) is 14.3. The zero-order chi connectivity index (χ0) is 30.3. The summed E-state index contributed by atoms with van der Waals surface area (Å²) in [7, 11) is 0. The second kappa shape index (κ2) is 17.0. The molecule has 3 amide bonds. The van der Waals surface area contributed by atoms with E-state index >= 15 is 0 Å². The van der Waals surface area contributed by atoms with E-state index in [9.17, 15) is 19.2 Å². The first kappa shape index (κ1) is 33.3. The molecule has 0 heterocycles. The van der Waals surface area contributed by atoms with E-state index in [2.05, 4.69) is 40.4 Å². The molecule has 0 bridgehead atoms. The average Bonchev–Trinajstić information content (AvgIpc) is 2.93. The van der Waals surface area contributed by atoms with Crippen LogP contribution < -0.4 is 16.1 Å². The standard InChI is InChI=1S/C32H45N3O6/c1-6-23(2)29(34-31(39)40-32(3,4)5)30(38)33-21-20-28(37)41-35-27(36)22-26-18-16-25(17-19-26)15-11-10-14-24-12-8-7-9-13-24/h7-9,12-13,16-19,23,29H,6,10-11,14-15,20-22H2,1-5H3,(H,33,38)(H,34,39)(H,35,36)/t23?,29-/m0/s1. The maximum Gasteiger partial charge on any atom is 0.408 e. The van der Waals surface area contributed by atoms with Gasteiger partial charge in [0.1, 0.15) is 11.6 Å². The normalized spacial score (nSPS) is 12.5. The van der Waals surface area contributed by atoms with Crippen LogP contribution in [0.5, 0.6) is 0 Å². The van der Waals surface area contributed by atoms with Crippen LogP contribution in [0.15, 0.2) is 54.6 Å². The first-order chi connectivity index (χ1) is 19.5. The number of hydrogen-bond acceptors (Lipinski definition) is 6. The number of unbranched alkanes of at least 4 members (excludes halogenated alkanes) is 1. The molecular weight excluding hydrogens is 522 g/mol. The van der Waals surface area contributed by atoms with E-state index in [1.807, 2.05) is 44.2 Å². The summed E-state index contributed by atoms with van der Waals surface area (Å²) in [6, 6.07) is 17.5. The molecule has 0 fully saturated rings. The fourth-order valence-electron chi connectivity index (χ4n) is 4.05. The highest BCUT2D eigenvalue weighted by Crippen LogP contribution is 2.13. The fourth-order valence-corrected chi connectivity index (χ4v) is 4.05. The average molecular weight is 568 g/mol. The van der Waals surface area contributed by atoms with Crippen LogP contribution in [-0.4, -0.2) is 42.1 Å². The highest BCUT2D eigenvalue weighted by molar-refractivity contribution is 5.86. The lowest BCUT2D eigenvalue weighted by atomic mass is 9.98. The van der Waals surface area contributed by atoms with Gasteiger partial charge in [0, 0.05) is 6.54 Å². The Hall–Kier alpha value is -3.88. The first-order valence-corrected chi connectivity index (χ1v) is 14.3. The molecule has 0 saturated heterocycles. The third-order valence-corrected chi connectivity index (χ3v) is 6.49. The molecular formula is C32H45N3O6. The number of benzene rings is 2. The smallest absolute Gasteiger partial charge is 0.408 e. The lowest BCUT2D eigenvalue weighted by molar-refractivity contribution is -0.158. The summed E-state index contributed by atoms with van der Waals surface area (Å²) in [4.78, 5) is 53.9. The lowest BCUT2D eigenvalue weighted by Gasteiger charge is -2.26. The van der Waals surface area contributed by atoms with Crippen molar-refractivity contribution in [2.24, 2.45) is 5.92 Å². The van der Waals surface area contributed by atoms with Crippen LogP contribution in [0.1, 0.15) is 77.0 Å². The molecule has 2 aromatic carbocycles. The Balaban J connectivity index is 1.66. The second-order valence-electron chi connectivity index (χ2n) is 11.2. The van der Waals surface area contributed by atoms with E-state index in [0.717, 1.165) is 31.2 Å². The zero-order valence-electron chi connectivity index (χ0n) is 25.0. The van der Waals surface area contributed by atoms with Crippen molar-refractivity contribution < 1.29 is 28.8 Å². The quantitative estimate of drug-likeness (QED) is 0.222. The summed E-state index contributed by atoms with van der Waals surface area (Å²) in [5.41, 5.74) is 4.85. The summed E-state index contributed by atoms with van der Waals surface area (Å²) in [5, 5.41) is 5.23. The van der Waals surface area contributed by atoms with Crippen molar-refractivity contribution in [2.45, 2.75) is 91.2 Å². The molecule has 0 aromatic heterocycles. The van der Waals surface area contributed by atoms with Gasteiger partial charge in [-0.2, -0.15) is 5.48 Å². The highest BCUT2D eigenvalue weighted by atomic mass is 16.7. The molecule has 0 aliphatic heterocycles. The Morgan fingerprint density at radius 3 is 2.02 bits per heavy atom. The van der Waals surface area contributed by atoms with Crippen molar-refractivity contribution in [2.75, 3.05) is 6.54 Å². The molecule has 1 unspecified atom stereocenters. The number of alkyl carbamates (subject to hydrolysis) is 1. The third kappa shape index (κ3) is 13.8. The lowest BCUT2D eigenvalue weighted by Crippen LogP contribution is -2.51. The summed E-state index contributed by atoms with van der Waals surface area (Å²) in [5.74, 6) is -1.72. The van der Waals surface area contributed by atoms with Crippen LogP contribution in [-0.2, 0) is 43.2 Å². The highest BCUT2D eigenvalue weighted by Gasteiger charge is 2.28. The molecule has 0 saturated carbocycles. The van der Waals surface area contributed by atoms with Gasteiger partial charge in [-0.3, -0.25) is 9.59 Å². The SMILES string of the molecule is CCC(C)[C@H](NC(=O)OC(C)(C)C)C(=O)NCCC(=O)ONC(=O)Cc1ccc(CCCCc2ccccc2)cc1. The Kier molecular flexibility index (Phi) is 13.9. The molecule has 3 N–H and O–H groups in total. The topological polar surface area (TPSA) is 123 Å². The number of rotatable bonds is 14. The van der Waals surface area contributed by atoms with Gasteiger partial charge in [0.15, 0.2) is 0 Å². The molecule has 2 rings (SSSR count). The van der Waals surface area contributed by atoms with Crippen LogP contribution in [0, 0.1) is 5.92 Å². The second-order valence-corrected chi connectivity index (χ2v) is 11.2. The molecule has 2 aromatic rings. The van der Waals surface area contributed by atoms with Crippen LogP contribution in [0.2, 0.25) is 0 Å². The van der Waals surface area contributed by atoms with Crippen molar-refractivity contribution in [1.82, 2.24) is 16.1 Å². The predicted molar refractivity (Wildman–Crippen MR) is 158 cm³/mol. The third-order valence-electron chi connectivity index (χ3n) is 6.49. The van der Waals surface area contributed by atoms with Crippen molar-refractivity contribution >= 4 is 23.9 Å². The van der Waals surface area contributed by atoms with Crippen LogP contribution in [0.4, 0.5) is 4.79 Å². The van der Waals surface area contributed by atoms with Crippen molar-refractivity contribution in [3.8, 4) is 0 Å². The van der Waals surface area contributed by atoms with Crippen LogP contribution >= 0.6 is 0 Å². The number of ether oxygens (including phenoxy) is 1. The van der Waals surface area contributed by atoms with E-state index < -0.39 is 35.5 Å². The molecule has 224 valence electrons. The Morgan fingerprint density at radius 2 is 1.44 bits per heavy atom. The van der Waals surface area contributed by atoms with Gasteiger partial charge in [0.25, 0.3) is 5.91 Å². The number of aryl methyl sites for hydroxylation is 2. The van der Waals surface area contributed by atoms with E-state index in [0.29, 0.717) is 6.42 Å². The molecule has 2 atom stereocenters. The number of amides is 3.